The van der Waals surface area contributed by atoms with Crippen LogP contribution in [0.2, 0.25) is 0 Å². The second-order valence-corrected chi connectivity index (χ2v) is 7.59. The van der Waals surface area contributed by atoms with Crippen molar-refractivity contribution in [2.24, 2.45) is 0 Å². The molecule has 5 rings (SSSR count). The molecule has 154 valence electrons. The van der Waals surface area contributed by atoms with E-state index < -0.39 is 5.97 Å². The van der Waals surface area contributed by atoms with Crippen LogP contribution in [-0.4, -0.2) is 26.0 Å². The number of aromatic amines is 2. The van der Waals surface area contributed by atoms with Crippen molar-refractivity contribution in [2.75, 3.05) is 0 Å². The van der Waals surface area contributed by atoms with E-state index in [1.165, 1.54) is 17.0 Å². The highest BCUT2D eigenvalue weighted by molar-refractivity contribution is 5.90. The minimum atomic E-state index is -0.982. The summed E-state index contributed by atoms with van der Waals surface area (Å²) in [5, 5.41) is 10.5. The number of ether oxygens (including phenoxy) is 1. The van der Waals surface area contributed by atoms with Gasteiger partial charge in [0.1, 0.15) is 5.75 Å². The summed E-state index contributed by atoms with van der Waals surface area (Å²) < 4.78 is 5.84. The summed E-state index contributed by atoms with van der Waals surface area (Å²) in [6.07, 6.45) is 2.82. The predicted molar refractivity (Wildman–Crippen MR) is 121 cm³/mol. The Kier molecular flexibility index (Phi) is 4.47. The summed E-state index contributed by atoms with van der Waals surface area (Å²) in [6.45, 7) is 3.89. The largest absolute Gasteiger partial charge is 0.478 e. The number of carboxylic acids is 1. The zero-order valence-corrected chi connectivity index (χ0v) is 17.2. The summed E-state index contributed by atoms with van der Waals surface area (Å²) in [5.41, 5.74) is 7.16. The maximum atomic E-state index is 11.4. The molecular weight excluding hydrogens is 390 g/mol. The molecule has 2 aromatic heterocycles. The van der Waals surface area contributed by atoms with Crippen molar-refractivity contribution in [2.45, 2.75) is 20.3 Å². The molecule has 0 aliphatic heterocycles. The average Bonchev–Trinajstić information content (AvgIpc) is 3.39. The standard InChI is InChI=1S/C25H21N3O3/c1-3-15-11-22-23(13-20(15)16-5-7-21-17(10-16)8-9-26-21)28-25(27-22)31-18-6-4-14(2)19(12-18)24(29)30/h4-13,26H,3H2,1-2H3,(H,27,28)(H,29,30). The molecule has 0 saturated heterocycles. The number of fused-ring (bicyclic) bond motifs is 2. The molecular formula is C25H21N3O3. The third kappa shape index (κ3) is 3.42. The second kappa shape index (κ2) is 7.32. The van der Waals surface area contributed by atoms with E-state index in [1.54, 1.807) is 19.1 Å². The normalized spacial score (nSPS) is 11.3. The molecule has 0 atom stereocenters. The number of hydrogen-bond donors (Lipinski definition) is 3. The van der Waals surface area contributed by atoms with Crippen molar-refractivity contribution in [3.63, 3.8) is 0 Å². The Bertz CT molecular complexity index is 1450. The van der Waals surface area contributed by atoms with Gasteiger partial charge in [0.15, 0.2) is 0 Å². The number of aromatic nitrogens is 3. The highest BCUT2D eigenvalue weighted by Crippen LogP contribution is 2.32. The van der Waals surface area contributed by atoms with Crippen molar-refractivity contribution in [1.82, 2.24) is 15.0 Å². The van der Waals surface area contributed by atoms with Gasteiger partial charge in [-0.25, -0.2) is 4.79 Å². The number of carboxylic acid groups (broad SMARTS) is 1. The molecule has 6 nitrogen and oxygen atoms in total. The number of H-pyrrole nitrogens is 2. The van der Waals surface area contributed by atoms with Crippen LogP contribution in [0.3, 0.4) is 0 Å². The number of rotatable bonds is 5. The monoisotopic (exact) mass is 411 g/mol. The number of nitrogens with one attached hydrogen (secondary N) is 2. The number of aromatic carboxylic acids is 1. The smallest absolute Gasteiger partial charge is 0.336 e. The van der Waals surface area contributed by atoms with E-state index >= 15 is 0 Å². The van der Waals surface area contributed by atoms with Crippen molar-refractivity contribution in [3.05, 3.63) is 77.5 Å². The van der Waals surface area contributed by atoms with E-state index in [-0.39, 0.29) is 5.56 Å². The van der Waals surface area contributed by atoms with Gasteiger partial charge in [0.05, 0.1) is 16.6 Å². The molecule has 0 bridgehead atoms. The lowest BCUT2D eigenvalue weighted by molar-refractivity contribution is 0.0695. The summed E-state index contributed by atoms with van der Waals surface area (Å²) in [4.78, 5) is 22.4. The van der Waals surface area contributed by atoms with Crippen LogP contribution in [-0.2, 0) is 6.42 Å². The number of carbonyl (C=O) groups is 1. The minimum Gasteiger partial charge on any atom is -0.478 e. The maximum Gasteiger partial charge on any atom is 0.336 e. The van der Waals surface area contributed by atoms with Crippen LogP contribution in [0.25, 0.3) is 33.1 Å². The Morgan fingerprint density at radius 1 is 1.06 bits per heavy atom. The van der Waals surface area contributed by atoms with Gasteiger partial charge in [0.2, 0.25) is 0 Å². The maximum absolute atomic E-state index is 11.4. The lowest BCUT2D eigenvalue weighted by Gasteiger charge is -2.08. The van der Waals surface area contributed by atoms with Crippen LogP contribution in [0.15, 0.2) is 60.8 Å². The molecule has 0 aliphatic carbocycles. The average molecular weight is 411 g/mol. The van der Waals surface area contributed by atoms with Crippen LogP contribution in [0.5, 0.6) is 11.8 Å². The van der Waals surface area contributed by atoms with Gasteiger partial charge in [-0.1, -0.05) is 19.1 Å². The third-order valence-corrected chi connectivity index (χ3v) is 5.58. The fourth-order valence-electron chi connectivity index (χ4n) is 3.92. The van der Waals surface area contributed by atoms with Crippen LogP contribution in [0.1, 0.15) is 28.4 Å². The molecule has 0 saturated carbocycles. The van der Waals surface area contributed by atoms with E-state index in [0.29, 0.717) is 17.3 Å². The van der Waals surface area contributed by atoms with Gasteiger partial charge in [-0.05, 0) is 83.4 Å². The lowest BCUT2D eigenvalue weighted by Crippen LogP contribution is -2.00. The van der Waals surface area contributed by atoms with Crippen molar-refractivity contribution >= 4 is 27.9 Å². The highest BCUT2D eigenvalue weighted by atomic mass is 16.5. The van der Waals surface area contributed by atoms with Gasteiger partial charge in [-0.3, -0.25) is 0 Å². The van der Waals surface area contributed by atoms with E-state index in [9.17, 15) is 9.90 Å². The van der Waals surface area contributed by atoms with E-state index in [2.05, 4.69) is 58.3 Å². The first kappa shape index (κ1) is 18.9. The molecule has 3 N–H and O–H groups in total. The predicted octanol–water partition coefficient (Wildman–Crippen LogP) is 6.07. The van der Waals surface area contributed by atoms with Gasteiger partial charge in [-0.15, -0.1) is 0 Å². The topological polar surface area (TPSA) is 91.0 Å². The van der Waals surface area contributed by atoms with E-state index in [0.717, 1.165) is 34.1 Å². The van der Waals surface area contributed by atoms with E-state index in [4.69, 9.17) is 4.74 Å². The first-order valence-electron chi connectivity index (χ1n) is 10.1. The Morgan fingerprint density at radius 3 is 2.74 bits per heavy atom. The number of imidazole rings is 1. The van der Waals surface area contributed by atoms with Crippen LogP contribution in [0.4, 0.5) is 0 Å². The second-order valence-electron chi connectivity index (χ2n) is 7.59. The third-order valence-electron chi connectivity index (χ3n) is 5.58. The first-order chi connectivity index (χ1) is 15.0. The summed E-state index contributed by atoms with van der Waals surface area (Å²) in [5.74, 6) is -0.555. The highest BCUT2D eigenvalue weighted by Gasteiger charge is 2.13. The fraction of sp³-hybridized carbons (Fsp3) is 0.120. The first-order valence-corrected chi connectivity index (χ1v) is 10.1. The SMILES string of the molecule is CCc1cc2[nH]c(Oc3ccc(C)c(C(=O)O)c3)nc2cc1-c1ccc2[nH]ccc2c1. The molecule has 0 radical (unpaired) electrons. The molecule has 31 heavy (non-hydrogen) atoms. The molecule has 0 amide bonds. The molecule has 6 heteroatoms. The van der Waals surface area contributed by atoms with Crippen molar-refractivity contribution in [1.29, 1.82) is 0 Å². The summed E-state index contributed by atoms with van der Waals surface area (Å²) in [7, 11) is 0. The van der Waals surface area contributed by atoms with Gasteiger partial charge < -0.3 is 19.8 Å². The number of hydrogen-bond acceptors (Lipinski definition) is 3. The minimum absolute atomic E-state index is 0.212. The van der Waals surface area contributed by atoms with E-state index in [1.807, 2.05) is 6.20 Å². The molecule has 0 fully saturated rings. The van der Waals surface area contributed by atoms with Crippen LogP contribution >= 0.6 is 0 Å². The number of nitrogens with zero attached hydrogens (tertiary/aromatic N) is 1. The molecule has 0 aliphatic rings. The quantitative estimate of drug-likeness (QED) is 0.327. The van der Waals surface area contributed by atoms with Crippen molar-refractivity contribution < 1.29 is 14.6 Å². The zero-order chi connectivity index (χ0) is 21.5. The van der Waals surface area contributed by atoms with Gasteiger partial charge in [-0.2, -0.15) is 4.98 Å². The molecule has 0 spiro atoms. The van der Waals surface area contributed by atoms with Gasteiger partial charge in [0, 0.05) is 11.7 Å². The van der Waals surface area contributed by atoms with Crippen LogP contribution in [0, 0.1) is 6.92 Å². The Balaban J connectivity index is 1.54. The lowest BCUT2D eigenvalue weighted by atomic mass is 9.96. The Labute approximate surface area is 178 Å². The molecule has 3 aromatic carbocycles. The zero-order valence-electron chi connectivity index (χ0n) is 17.2. The molecule has 2 heterocycles. The summed E-state index contributed by atoms with van der Waals surface area (Å²) >= 11 is 0. The van der Waals surface area contributed by atoms with Gasteiger partial charge in [0.25, 0.3) is 6.01 Å². The summed E-state index contributed by atoms with van der Waals surface area (Å²) in [6, 6.07) is 17.9. The van der Waals surface area contributed by atoms with Crippen LogP contribution < -0.4 is 4.74 Å². The molecule has 0 unspecified atom stereocenters. The number of benzene rings is 3. The number of aryl methyl sites for hydroxylation is 2. The molecule has 5 aromatic rings. The fourth-order valence-corrected chi connectivity index (χ4v) is 3.92. The Morgan fingerprint density at radius 2 is 1.94 bits per heavy atom. The van der Waals surface area contributed by atoms with Gasteiger partial charge >= 0.3 is 5.97 Å². The Hall–Kier alpha value is -4.06. The van der Waals surface area contributed by atoms with Crippen molar-refractivity contribution in [3.8, 4) is 22.9 Å².